The first-order valence-corrected chi connectivity index (χ1v) is 2.43. The highest BCUT2D eigenvalue weighted by Crippen LogP contribution is 1.86. The van der Waals surface area contributed by atoms with E-state index in [9.17, 15) is 9.59 Å². The van der Waals surface area contributed by atoms with Crippen LogP contribution < -0.4 is 0 Å². The average molecular weight is 129 g/mol. The fourth-order valence-corrected chi connectivity index (χ4v) is 0.303. The Balaban J connectivity index is 3.26. The highest BCUT2D eigenvalue weighted by molar-refractivity contribution is 5.78. The van der Waals surface area contributed by atoms with Gasteiger partial charge in [-0.15, -0.1) is 0 Å². The second-order valence-corrected chi connectivity index (χ2v) is 1.33. The summed E-state index contributed by atoms with van der Waals surface area (Å²) in [6.45, 7) is 0.0896. The van der Waals surface area contributed by atoms with Gasteiger partial charge in [-0.1, -0.05) is 0 Å². The van der Waals surface area contributed by atoms with Crippen molar-refractivity contribution < 1.29 is 14.3 Å². The van der Waals surface area contributed by atoms with Gasteiger partial charge in [-0.2, -0.15) is 0 Å². The molecule has 9 heavy (non-hydrogen) atoms. The summed E-state index contributed by atoms with van der Waals surface area (Å²) in [7, 11) is 0. The van der Waals surface area contributed by atoms with E-state index in [4.69, 9.17) is 5.41 Å². The maximum Gasteiger partial charge on any atom is 0.313 e. The normalized spacial score (nSPS) is 8.00. The van der Waals surface area contributed by atoms with Crippen LogP contribution in [0.1, 0.15) is 12.8 Å². The van der Waals surface area contributed by atoms with E-state index in [0.29, 0.717) is 6.42 Å². The Morgan fingerprint density at radius 3 is 2.78 bits per heavy atom. The number of ether oxygens (including phenoxy) is 1. The third kappa shape index (κ3) is 4.67. The summed E-state index contributed by atoms with van der Waals surface area (Å²) < 4.78 is 3.92. The molecule has 1 N–H and O–H groups in total. The lowest BCUT2D eigenvalue weighted by molar-refractivity contribution is -0.151. The minimum Gasteiger partial charge on any atom is -0.395 e. The molecule has 0 aromatic carbocycles. The molecule has 0 aliphatic rings. The number of rotatable bonds is 4. The van der Waals surface area contributed by atoms with Crippen molar-refractivity contribution >= 4 is 18.7 Å². The largest absolute Gasteiger partial charge is 0.395 e. The monoisotopic (exact) mass is 129 g/mol. The maximum absolute atomic E-state index is 10.2. The number of carbonyl (C=O) groups is 2. The van der Waals surface area contributed by atoms with Crippen LogP contribution in [0.15, 0.2) is 0 Å². The molecular weight excluding hydrogens is 122 g/mol. The van der Waals surface area contributed by atoms with Gasteiger partial charge in [-0.25, -0.2) is 0 Å². The minimum atomic E-state index is -0.589. The highest BCUT2D eigenvalue weighted by atomic mass is 16.6. The second-order valence-electron chi connectivity index (χ2n) is 1.33. The van der Waals surface area contributed by atoms with Crippen molar-refractivity contribution in [2.24, 2.45) is 0 Å². The van der Waals surface area contributed by atoms with Gasteiger partial charge in [0, 0.05) is 0 Å². The SMILES string of the molecule is N=CCCC(=O)OC=O. The molecule has 0 aromatic heterocycles. The van der Waals surface area contributed by atoms with Crippen LogP contribution in [0, 0.1) is 5.41 Å². The first-order valence-electron chi connectivity index (χ1n) is 2.43. The Morgan fingerprint density at radius 2 is 2.33 bits per heavy atom. The Morgan fingerprint density at radius 1 is 1.67 bits per heavy atom. The van der Waals surface area contributed by atoms with Gasteiger partial charge in [0.05, 0.1) is 6.42 Å². The first-order chi connectivity index (χ1) is 4.31. The van der Waals surface area contributed by atoms with Gasteiger partial charge in [0.25, 0.3) is 0 Å². The number of hydrogen-bond acceptors (Lipinski definition) is 4. The zero-order valence-corrected chi connectivity index (χ0v) is 4.79. The zero-order chi connectivity index (χ0) is 7.11. The van der Waals surface area contributed by atoms with Crippen LogP contribution in [0.4, 0.5) is 0 Å². The average Bonchev–Trinajstić information content (AvgIpc) is 1.85. The van der Waals surface area contributed by atoms with Gasteiger partial charge >= 0.3 is 12.4 Å². The molecule has 0 rings (SSSR count). The molecule has 0 spiro atoms. The molecule has 0 bridgehead atoms. The lowest BCUT2D eigenvalue weighted by Gasteiger charge is -1.89. The van der Waals surface area contributed by atoms with Crippen molar-refractivity contribution in [1.82, 2.24) is 0 Å². The van der Waals surface area contributed by atoms with Crippen molar-refractivity contribution in [3.8, 4) is 0 Å². The van der Waals surface area contributed by atoms with Crippen molar-refractivity contribution in [3.63, 3.8) is 0 Å². The summed E-state index contributed by atoms with van der Waals surface area (Å²) in [4.78, 5) is 19.7. The number of hydrogen-bond donors (Lipinski definition) is 1. The van der Waals surface area contributed by atoms with Crippen molar-refractivity contribution in [3.05, 3.63) is 0 Å². The van der Waals surface area contributed by atoms with E-state index in [1.165, 1.54) is 0 Å². The van der Waals surface area contributed by atoms with E-state index >= 15 is 0 Å². The standard InChI is InChI=1S/C5H7NO3/c6-3-1-2-5(8)9-4-7/h3-4,6H,1-2H2. The smallest absolute Gasteiger partial charge is 0.313 e. The quantitative estimate of drug-likeness (QED) is 0.253. The molecule has 50 valence electrons. The number of carbonyl (C=O) groups excluding carboxylic acids is 2. The molecule has 0 aliphatic carbocycles. The summed E-state index contributed by atoms with van der Waals surface area (Å²) in [6.07, 6.45) is 1.51. The lowest BCUT2D eigenvalue weighted by atomic mass is 10.3. The Kier molecular flexibility index (Phi) is 4.30. The summed E-state index contributed by atoms with van der Waals surface area (Å²) in [6, 6.07) is 0. The van der Waals surface area contributed by atoms with Crippen LogP contribution in [-0.2, 0) is 14.3 Å². The molecule has 0 saturated heterocycles. The lowest BCUT2D eigenvalue weighted by Crippen LogP contribution is -2.01. The van der Waals surface area contributed by atoms with Gasteiger partial charge in [-0.3, -0.25) is 9.59 Å². The number of esters is 1. The molecule has 0 heterocycles. The fraction of sp³-hybridized carbons (Fsp3) is 0.400. The predicted octanol–water partition coefficient (Wildman–Crippen LogP) is 0.116. The number of nitrogens with one attached hydrogen (secondary N) is 1. The molecule has 0 saturated carbocycles. The topological polar surface area (TPSA) is 67.2 Å². The van der Waals surface area contributed by atoms with Crippen molar-refractivity contribution in [2.75, 3.05) is 0 Å². The molecule has 0 fully saturated rings. The van der Waals surface area contributed by atoms with Gasteiger partial charge in [0.15, 0.2) is 0 Å². The third-order valence-electron chi connectivity index (χ3n) is 0.672. The van der Waals surface area contributed by atoms with Crippen molar-refractivity contribution in [2.45, 2.75) is 12.8 Å². The molecule has 0 atom stereocenters. The molecular formula is C5H7NO3. The van der Waals surface area contributed by atoms with E-state index < -0.39 is 5.97 Å². The third-order valence-corrected chi connectivity index (χ3v) is 0.672. The van der Waals surface area contributed by atoms with E-state index in [0.717, 1.165) is 6.21 Å². The Labute approximate surface area is 52.3 Å². The van der Waals surface area contributed by atoms with Crippen molar-refractivity contribution in [1.29, 1.82) is 5.41 Å². The van der Waals surface area contributed by atoms with Crippen LogP contribution in [-0.4, -0.2) is 18.7 Å². The van der Waals surface area contributed by atoms with Crippen LogP contribution in [0.2, 0.25) is 0 Å². The summed E-state index contributed by atoms with van der Waals surface area (Å²) in [5, 5.41) is 6.51. The van der Waals surface area contributed by atoms with Gasteiger partial charge in [0.2, 0.25) is 0 Å². The molecule has 0 radical (unpaired) electrons. The molecule has 0 aliphatic heterocycles. The second kappa shape index (κ2) is 4.96. The summed E-state index contributed by atoms with van der Waals surface area (Å²) in [5.74, 6) is -0.589. The van der Waals surface area contributed by atoms with E-state index in [2.05, 4.69) is 4.74 Å². The summed E-state index contributed by atoms with van der Waals surface area (Å²) >= 11 is 0. The minimum absolute atomic E-state index is 0.0896. The zero-order valence-electron chi connectivity index (χ0n) is 4.79. The van der Waals surface area contributed by atoms with Crippen LogP contribution in [0.25, 0.3) is 0 Å². The van der Waals surface area contributed by atoms with Crippen LogP contribution >= 0.6 is 0 Å². The fourth-order valence-electron chi connectivity index (χ4n) is 0.303. The maximum atomic E-state index is 10.2. The van der Waals surface area contributed by atoms with Gasteiger partial charge < -0.3 is 10.1 Å². The molecule has 4 heteroatoms. The van der Waals surface area contributed by atoms with E-state index in [-0.39, 0.29) is 12.9 Å². The predicted molar refractivity (Wildman–Crippen MR) is 30.2 cm³/mol. The Hall–Kier alpha value is -1.19. The van der Waals surface area contributed by atoms with E-state index in [1.54, 1.807) is 0 Å². The molecule has 0 aromatic rings. The van der Waals surface area contributed by atoms with Gasteiger partial charge in [0.1, 0.15) is 0 Å². The van der Waals surface area contributed by atoms with Gasteiger partial charge in [-0.05, 0) is 12.6 Å². The van der Waals surface area contributed by atoms with Crippen LogP contribution in [0.5, 0.6) is 0 Å². The Bertz CT molecular complexity index is 121. The summed E-state index contributed by atoms with van der Waals surface area (Å²) in [5.41, 5.74) is 0. The molecule has 0 amide bonds. The first kappa shape index (κ1) is 7.81. The van der Waals surface area contributed by atoms with Crippen LogP contribution in [0.3, 0.4) is 0 Å². The van der Waals surface area contributed by atoms with E-state index in [1.807, 2.05) is 0 Å². The highest BCUT2D eigenvalue weighted by Gasteiger charge is 1.97. The molecule has 0 unspecified atom stereocenters. The molecule has 4 nitrogen and oxygen atoms in total.